The number of hydrogen-bond donors (Lipinski definition) is 1. The molecule has 4 heteroatoms. The summed E-state index contributed by atoms with van der Waals surface area (Å²) in [6.07, 6.45) is 3.62. The van der Waals surface area contributed by atoms with E-state index in [-0.39, 0.29) is 6.04 Å². The Hall–Kier alpha value is -1.94. The van der Waals surface area contributed by atoms with Crippen LogP contribution in [0.15, 0.2) is 36.7 Å². The van der Waals surface area contributed by atoms with Crippen molar-refractivity contribution < 1.29 is 0 Å². The van der Waals surface area contributed by atoms with E-state index < -0.39 is 0 Å². The first kappa shape index (κ1) is 13.1. The van der Waals surface area contributed by atoms with Crippen molar-refractivity contribution in [1.82, 2.24) is 9.97 Å². The van der Waals surface area contributed by atoms with Gasteiger partial charge in [-0.15, -0.1) is 0 Å². The fourth-order valence-electron chi connectivity index (χ4n) is 2.92. The van der Waals surface area contributed by atoms with Crippen LogP contribution >= 0.6 is 0 Å². The van der Waals surface area contributed by atoms with Gasteiger partial charge < -0.3 is 10.6 Å². The highest BCUT2D eigenvalue weighted by Gasteiger charge is 2.27. The molecule has 0 amide bonds. The van der Waals surface area contributed by atoms with Crippen molar-refractivity contribution in [1.29, 1.82) is 0 Å². The smallest absolute Gasteiger partial charge is 0.132 e. The maximum atomic E-state index is 6.03. The second kappa shape index (κ2) is 5.59. The zero-order valence-electron chi connectivity index (χ0n) is 11.8. The number of anilines is 1. The van der Waals surface area contributed by atoms with Gasteiger partial charge in [0, 0.05) is 24.8 Å². The molecule has 1 aliphatic heterocycles. The van der Waals surface area contributed by atoms with Gasteiger partial charge in [-0.3, -0.25) is 0 Å². The topological polar surface area (TPSA) is 55.0 Å². The number of nitrogens with zero attached hydrogens (tertiary/aromatic N) is 3. The molecule has 0 bridgehead atoms. The lowest BCUT2D eigenvalue weighted by molar-refractivity contribution is 0.583. The van der Waals surface area contributed by atoms with Crippen molar-refractivity contribution >= 4 is 5.82 Å². The Morgan fingerprint density at radius 3 is 2.95 bits per heavy atom. The highest BCUT2D eigenvalue weighted by atomic mass is 15.2. The molecule has 0 fully saturated rings. The van der Waals surface area contributed by atoms with Gasteiger partial charge >= 0.3 is 0 Å². The lowest BCUT2D eigenvalue weighted by atomic mass is 9.92. The van der Waals surface area contributed by atoms with E-state index >= 15 is 0 Å². The SMILES string of the molecule is CCc1cc(N2CCc3ccccc3C2CN)ncn1. The third kappa shape index (κ3) is 2.27. The fraction of sp³-hybridized carbons (Fsp3) is 0.375. The van der Waals surface area contributed by atoms with Crippen LogP contribution in [-0.2, 0) is 12.8 Å². The lowest BCUT2D eigenvalue weighted by Gasteiger charge is -2.37. The Kier molecular flexibility index (Phi) is 3.65. The summed E-state index contributed by atoms with van der Waals surface area (Å²) in [4.78, 5) is 11.0. The van der Waals surface area contributed by atoms with Gasteiger partial charge in [0.15, 0.2) is 0 Å². The highest BCUT2D eigenvalue weighted by molar-refractivity contribution is 5.48. The van der Waals surface area contributed by atoms with Crippen molar-refractivity contribution in [3.8, 4) is 0 Å². The molecule has 0 spiro atoms. The molecule has 0 aliphatic carbocycles. The van der Waals surface area contributed by atoms with Crippen molar-refractivity contribution in [3.63, 3.8) is 0 Å². The number of benzene rings is 1. The summed E-state index contributed by atoms with van der Waals surface area (Å²) in [6, 6.07) is 10.9. The molecule has 0 saturated heterocycles. The molecule has 1 atom stereocenters. The molecule has 1 aliphatic rings. The third-order valence-electron chi connectivity index (χ3n) is 4.00. The predicted molar refractivity (Wildman–Crippen MR) is 80.7 cm³/mol. The van der Waals surface area contributed by atoms with Crippen molar-refractivity contribution in [2.45, 2.75) is 25.8 Å². The van der Waals surface area contributed by atoms with Crippen LogP contribution in [0.2, 0.25) is 0 Å². The minimum absolute atomic E-state index is 0.208. The van der Waals surface area contributed by atoms with Gasteiger partial charge in [-0.2, -0.15) is 0 Å². The minimum atomic E-state index is 0.208. The van der Waals surface area contributed by atoms with Gasteiger partial charge in [0.05, 0.1) is 6.04 Å². The summed E-state index contributed by atoms with van der Waals surface area (Å²) in [5.41, 5.74) is 9.84. The Morgan fingerprint density at radius 2 is 2.15 bits per heavy atom. The second-order valence-corrected chi connectivity index (χ2v) is 5.11. The van der Waals surface area contributed by atoms with Gasteiger partial charge in [0.1, 0.15) is 12.1 Å². The lowest BCUT2D eigenvalue weighted by Crippen LogP contribution is -2.40. The van der Waals surface area contributed by atoms with Crippen molar-refractivity contribution in [3.05, 3.63) is 53.5 Å². The molecule has 1 aromatic carbocycles. The van der Waals surface area contributed by atoms with E-state index in [0.717, 1.165) is 30.9 Å². The van der Waals surface area contributed by atoms with E-state index in [1.807, 2.05) is 0 Å². The van der Waals surface area contributed by atoms with Crippen LogP contribution in [0, 0.1) is 0 Å². The first-order chi connectivity index (χ1) is 9.83. The van der Waals surface area contributed by atoms with E-state index in [1.54, 1.807) is 6.33 Å². The molecule has 0 saturated carbocycles. The van der Waals surface area contributed by atoms with E-state index in [4.69, 9.17) is 5.73 Å². The molecule has 3 rings (SSSR count). The number of fused-ring (bicyclic) bond motifs is 1. The average molecular weight is 268 g/mol. The number of aryl methyl sites for hydroxylation is 1. The molecule has 1 aromatic heterocycles. The second-order valence-electron chi connectivity index (χ2n) is 5.11. The van der Waals surface area contributed by atoms with Crippen LogP contribution in [0.4, 0.5) is 5.82 Å². The number of nitrogens with two attached hydrogens (primary N) is 1. The van der Waals surface area contributed by atoms with Gasteiger partial charge in [-0.25, -0.2) is 9.97 Å². The molecule has 2 N–H and O–H groups in total. The standard InChI is InChI=1S/C16H20N4/c1-2-13-9-16(19-11-18-13)20-8-7-12-5-3-4-6-14(12)15(20)10-17/h3-6,9,11,15H,2,7-8,10,17H2,1H3. The zero-order chi connectivity index (χ0) is 13.9. The van der Waals surface area contributed by atoms with E-state index in [2.05, 4.69) is 52.1 Å². The van der Waals surface area contributed by atoms with Gasteiger partial charge in [0.2, 0.25) is 0 Å². The summed E-state index contributed by atoms with van der Waals surface area (Å²) in [5, 5.41) is 0. The van der Waals surface area contributed by atoms with Crippen LogP contribution in [0.3, 0.4) is 0 Å². The number of hydrogen-bond acceptors (Lipinski definition) is 4. The van der Waals surface area contributed by atoms with Gasteiger partial charge in [-0.05, 0) is 24.0 Å². The van der Waals surface area contributed by atoms with Gasteiger partial charge in [-0.1, -0.05) is 31.2 Å². The monoisotopic (exact) mass is 268 g/mol. The van der Waals surface area contributed by atoms with Crippen LogP contribution < -0.4 is 10.6 Å². The molecular formula is C16H20N4. The number of rotatable bonds is 3. The van der Waals surface area contributed by atoms with Crippen LogP contribution in [0.1, 0.15) is 29.8 Å². The Bertz CT molecular complexity index is 597. The molecule has 20 heavy (non-hydrogen) atoms. The Morgan fingerprint density at radius 1 is 1.30 bits per heavy atom. The fourth-order valence-corrected chi connectivity index (χ4v) is 2.92. The molecule has 1 unspecified atom stereocenters. The quantitative estimate of drug-likeness (QED) is 0.926. The highest BCUT2D eigenvalue weighted by Crippen LogP contribution is 2.32. The zero-order valence-corrected chi connectivity index (χ0v) is 11.8. The van der Waals surface area contributed by atoms with E-state index in [0.29, 0.717) is 6.54 Å². The summed E-state index contributed by atoms with van der Waals surface area (Å²) >= 11 is 0. The normalized spacial score (nSPS) is 17.9. The van der Waals surface area contributed by atoms with Crippen molar-refractivity contribution in [2.75, 3.05) is 18.0 Å². The largest absolute Gasteiger partial charge is 0.348 e. The molecular weight excluding hydrogens is 248 g/mol. The maximum absolute atomic E-state index is 6.03. The Balaban J connectivity index is 1.98. The molecule has 4 nitrogen and oxygen atoms in total. The summed E-state index contributed by atoms with van der Waals surface area (Å²) in [5.74, 6) is 0.988. The van der Waals surface area contributed by atoms with E-state index in [9.17, 15) is 0 Å². The van der Waals surface area contributed by atoms with Crippen LogP contribution in [0.25, 0.3) is 0 Å². The summed E-state index contributed by atoms with van der Waals surface area (Å²) in [6.45, 7) is 3.67. The molecule has 104 valence electrons. The maximum Gasteiger partial charge on any atom is 0.132 e. The third-order valence-corrected chi connectivity index (χ3v) is 4.00. The predicted octanol–water partition coefficient (Wildman–Crippen LogP) is 2.10. The van der Waals surface area contributed by atoms with Crippen LogP contribution in [0.5, 0.6) is 0 Å². The molecule has 2 heterocycles. The van der Waals surface area contributed by atoms with Crippen molar-refractivity contribution in [2.24, 2.45) is 5.73 Å². The minimum Gasteiger partial charge on any atom is -0.348 e. The van der Waals surface area contributed by atoms with Gasteiger partial charge in [0.25, 0.3) is 0 Å². The summed E-state index contributed by atoms with van der Waals surface area (Å²) in [7, 11) is 0. The molecule has 0 radical (unpaired) electrons. The van der Waals surface area contributed by atoms with Crippen LogP contribution in [-0.4, -0.2) is 23.1 Å². The summed E-state index contributed by atoms with van der Waals surface area (Å²) < 4.78 is 0. The first-order valence-corrected chi connectivity index (χ1v) is 7.19. The Labute approximate surface area is 119 Å². The first-order valence-electron chi connectivity index (χ1n) is 7.19. The molecule has 2 aromatic rings. The number of aromatic nitrogens is 2. The van der Waals surface area contributed by atoms with E-state index in [1.165, 1.54) is 11.1 Å². The average Bonchev–Trinajstić information content (AvgIpc) is 2.53.